The number of urea groups is 1. The van der Waals surface area contributed by atoms with Gasteiger partial charge in [-0.15, -0.1) is 0 Å². The highest BCUT2D eigenvalue weighted by Gasteiger charge is 2.16. The van der Waals surface area contributed by atoms with Crippen LogP contribution >= 0.6 is 0 Å². The van der Waals surface area contributed by atoms with Crippen LogP contribution in [0.1, 0.15) is 5.56 Å². The molecule has 0 aliphatic rings. The van der Waals surface area contributed by atoms with Crippen LogP contribution < -0.4 is 24.8 Å². The predicted molar refractivity (Wildman–Crippen MR) is 106 cm³/mol. The van der Waals surface area contributed by atoms with E-state index in [1.54, 1.807) is 27.4 Å². The van der Waals surface area contributed by atoms with Gasteiger partial charge in [-0.1, -0.05) is 30.3 Å². The van der Waals surface area contributed by atoms with Gasteiger partial charge in [-0.3, -0.25) is 0 Å². The Kier molecular flexibility index (Phi) is 5.66. The Balaban J connectivity index is 1.69. The van der Waals surface area contributed by atoms with Crippen LogP contribution in [0.5, 0.6) is 17.2 Å². The summed E-state index contributed by atoms with van der Waals surface area (Å²) in [6.07, 6.45) is 0. The lowest BCUT2D eigenvalue weighted by molar-refractivity contribution is 0.251. The molecule has 0 saturated heterocycles. The molecular formula is C21H22N2O4. The van der Waals surface area contributed by atoms with Gasteiger partial charge in [0, 0.05) is 17.8 Å². The van der Waals surface area contributed by atoms with E-state index < -0.39 is 0 Å². The highest BCUT2D eigenvalue weighted by atomic mass is 16.5. The zero-order chi connectivity index (χ0) is 19.2. The summed E-state index contributed by atoms with van der Waals surface area (Å²) in [4.78, 5) is 12.3. The number of hydrogen-bond donors (Lipinski definition) is 2. The average Bonchev–Trinajstić information content (AvgIpc) is 2.71. The van der Waals surface area contributed by atoms with Crippen molar-refractivity contribution in [2.45, 2.75) is 6.54 Å². The molecule has 27 heavy (non-hydrogen) atoms. The number of fused-ring (bicyclic) bond motifs is 1. The molecule has 0 fully saturated rings. The minimum absolute atomic E-state index is 0.281. The van der Waals surface area contributed by atoms with Crippen LogP contribution in [0.3, 0.4) is 0 Å². The number of anilines is 1. The largest absolute Gasteiger partial charge is 0.493 e. The molecule has 3 aromatic rings. The first-order chi connectivity index (χ1) is 13.2. The van der Waals surface area contributed by atoms with Gasteiger partial charge in [-0.05, 0) is 35.0 Å². The van der Waals surface area contributed by atoms with E-state index in [2.05, 4.69) is 10.6 Å². The van der Waals surface area contributed by atoms with Crippen LogP contribution in [0.2, 0.25) is 0 Å². The maximum Gasteiger partial charge on any atom is 0.319 e. The second kappa shape index (κ2) is 8.31. The first kappa shape index (κ1) is 18.4. The lowest BCUT2D eigenvalue weighted by Gasteiger charge is -2.16. The fraction of sp³-hybridized carbons (Fsp3) is 0.190. The number of rotatable bonds is 6. The van der Waals surface area contributed by atoms with Gasteiger partial charge in [0.2, 0.25) is 5.75 Å². The topological polar surface area (TPSA) is 68.8 Å². The third-order valence-electron chi connectivity index (χ3n) is 4.23. The normalized spacial score (nSPS) is 10.3. The Morgan fingerprint density at radius 1 is 0.852 bits per heavy atom. The first-order valence-electron chi connectivity index (χ1n) is 8.47. The Morgan fingerprint density at radius 2 is 1.59 bits per heavy atom. The number of hydrogen-bond acceptors (Lipinski definition) is 4. The zero-order valence-corrected chi connectivity index (χ0v) is 15.5. The van der Waals surface area contributed by atoms with Crippen LogP contribution in [0.15, 0.2) is 54.6 Å². The van der Waals surface area contributed by atoms with Crippen LogP contribution in [0.4, 0.5) is 10.5 Å². The molecule has 6 heteroatoms. The predicted octanol–water partition coefficient (Wildman–Crippen LogP) is 4.19. The lowest BCUT2D eigenvalue weighted by atomic mass is 10.1. The second-order valence-electron chi connectivity index (χ2n) is 5.86. The van der Waals surface area contributed by atoms with Crippen molar-refractivity contribution in [2.24, 2.45) is 0 Å². The molecule has 0 heterocycles. The summed E-state index contributed by atoms with van der Waals surface area (Å²) < 4.78 is 16.1. The number of amides is 2. The van der Waals surface area contributed by atoms with Gasteiger partial charge < -0.3 is 24.8 Å². The van der Waals surface area contributed by atoms with Crippen molar-refractivity contribution in [2.75, 3.05) is 26.6 Å². The van der Waals surface area contributed by atoms with Crippen LogP contribution in [0, 0.1) is 0 Å². The van der Waals surface area contributed by atoms with Gasteiger partial charge in [0.25, 0.3) is 0 Å². The van der Waals surface area contributed by atoms with Gasteiger partial charge >= 0.3 is 6.03 Å². The fourth-order valence-corrected chi connectivity index (χ4v) is 2.92. The smallest absolute Gasteiger partial charge is 0.319 e. The van der Waals surface area contributed by atoms with E-state index in [-0.39, 0.29) is 12.6 Å². The van der Waals surface area contributed by atoms with Gasteiger partial charge in [0.1, 0.15) is 0 Å². The van der Waals surface area contributed by atoms with Gasteiger partial charge in [-0.2, -0.15) is 0 Å². The van der Waals surface area contributed by atoms with Crippen molar-refractivity contribution in [1.82, 2.24) is 5.32 Å². The van der Waals surface area contributed by atoms with E-state index in [4.69, 9.17) is 14.2 Å². The van der Waals surface area contributed by atoms with E-state index in [1.807, 2.05) is 48.5 Å². The van der Waals surface area contributed by atoms with Crippen LogP contribution in [-0.2, 0) is 6.54 Å². The average molecular weight is 366 g/mol. The van der Waals surface area contributed by atoms with Crippen molar-refractivity contribution in [3.63, 3.8) is 0 Å². The number of carbonyl (C=O) groups excluding carboxylic acids is 1. The third-order valence-corrected chi connectivity index (χ3v) is 4.23. The highest BCUT2D eigenvalue weighted by molar-refractivity contribution is 5.93. The maximum absolute atomic E-state index is 12.3. The number of carbonyl (C=O) groups is 1. The van der Waals surface area contributed by atoms with Crippen molar-refractivity contribution in [3.05, 3.63) is 60.2 Å². The molecule has 3 rings (SSSR count). The second-order valence-corrected chi connectivity index (χ2v) is 5.86. The molecule has 0 bridgehead atoms. The fourth-order valence-electron chi connectivity index (χ4n) is 2.92. The Labute approximate surface area is 158 Å². The van der Waals surface area contributed by atoms with Crippen LogP contribution in [-0.4, -0.2) is 27.4 Å². The minimum Gasteiger partial charge on any atom is -0.493 e. The summed E-state index contributed by atoms with van der Waals surface area (Å²) in [6, 6.07) is 17.1. The summed E-state index contributed by atoms with van der Waals surface area (Å²) in [7, 11) is 4.66. The van der Waals surface area contributed by atoms with Crippen molar-refractivity contribution in [1.29, 1.82) is 0 Å². The molecule has 140 valence electrons. The SMILES string of the molecule is COc1ccc(CNC(=O)Nc2ccc3ccccc3c2)c(OC)c1OC. The molecular weight excluding hydrogens is 344 g/mol. The monoisotopic (exact) mass is 366 g/mol. The summed E-state index contributed by atoms with van der Waals surface area (Å²) in [5.74, 6) is 1.59. The minimum atomic E-state index is -0.304. The summed E-state index contributed by atoms with van der Waals surface area (Å²) >= 11 is 0. The van der Waals surface area contributed by atoms with Crippen molar-refractivity contribution < 1.29 is 19.0 Å². The van der Waals surface area contributed by atoms with Gasteiger partial charge in [0.05, 0.1) is 21.3 Å². The summed E-state index contributed by atoms with van der Waals surface area (Å²) in [6.45, 7) is 0.281. The van der Waals surface area contributed by atoms with E-state index in [9.17, 15) is 4.79 Å². The molecule has 0 atom stereocenters. The standard InChI is InChI=1S/C21H22N2O4/c1-25-18-11-9-16(19(26-2)20(18)27-3)13-22-21(24)23-17-10-8-14-6-4-5-7-15(14)12-17/h4-12H,13H2,1-3H3,(H2,22,23,24). The third kappa shape index (κ3) is 4.06. The molecule has 0 aliphatic carbocycles. The molecule has 0 spiro atoms. The zero-order valence-electron chi connectivity index (χ0n) is 15.5. The lowest BCUT2D eigenvalue weighted by Crippen LogP contribution is -2.28. The quantitative estimate of drug-likeness (QED) is 0.686. The molecule has 0 aromatic heterocycles. The van der Waals surface area contributed by atoms with Gasteiger partial charge in [0.15, 0.2) is 11.5 Å². The number of nitrogens with one attached hydrogen (secondary N) is 2. The van der Waals surface area contributed by atoms with E-state index in [1.165, 1.54) is 0 Å². The van der Waals surface area contributed by atoms with E-state index in [0.717, 1.165) is 22.0 Å². The molecule has 3 aromatic carbocycles. The van der Waals surface area contributed by atoms with Crippen molar-refractivity contribution in [3.8, 4) is 17.2 Å². The Hall–Kier alpha value is -3.41. The van der Waals surface area contributed by atoms with E-state index in [0.29, 0.717) is 17.2 Å². The summed E-state index contributed by atoms with van der Waals surface area (Å²) in [5, 5.41) is 7.87. The Morgan fingerprint density at radius 3 is 2.30 bits per heavy atom. The molecule has 6 nitrogen and oxygen atoms in total. The molecule has 0 saturated carbocycles. The molecule has 0 radical (unpaired) electrons. The Bertz CT molecular complexity index is 956. The molecule has 2 amide bonds. The number of ether oxygens (including phenoxy) is 3. The number of methoxy groups -OCH3 is 3. The van der Waals surface area contributed by atoms with Gasteiger partial charge in [-0.25, -0.2) is 4.79 Å². The molecule has 2 N–H and O–H groups in total. The number of benzene rings is 3. The molecule has 0 unspecified atom stereocenters. The van der Waals surface area contributed by atoms with E-state index >= 15 is 0 Å². The first-order valence-corrected chi connectivity index (χ1v) is 8.47. The van der Waals surface area contributed by atoms with Crippen molar-refractivity contribution >= 4 is 22.5 Å². The molecule has 0 aliphatic heterocycles. The maximum atomic E-state index is 12.3. The summed E-state index contributed by atoms with van der Waals surface area (Å²) in [5.41, 5.74) is 1.51. The van der Waals surface area contributed by atoms with Crippen LogP contribution in [0.25, 0.3) is 10.8 Å². The highest BCUT2D eigenvalue weighted by Crippen LogP contribution is 2.39.